The Labute approximate surface area is 185 Å². The predicted molar refractivity (Wildman–Crippen MR) is 126 cm³/mol. The van der Waals surface area contributed by atoms with Gasteiger partial charge in [0, 0.05) is 30.2 Å². The van der Waals surface area contributed by atoms with E-state index in [0.717, 1.165) is 28.9 Å². The molecule has 4 nitrogen and oxygen atoms in total. The number of hydrogen-bond acceptors (Lipinski definition) is 3. The molecule has 0 aliphatic heterocycles. The van der Waals surface area contributed by atoms with Crippen LogP contribution in [0.15, 0.2) is 59.5 Å². The number of nitrogens with one attached hydrogen (secondary N) is 1. The van der Waals surface area contributed by atoms with Crippen LogP contribution in [-0.2, 0) is 16.1 Å². The van der Waals surface area contributed by atoms with Crippen molar-refractivity contribution in [2.24, 2.45) is 0 Å². The molecule has 0 saturated heterocycles. The summed E-state index contributed by atoms with van der Waals surface area (Å²) in [6, 6.07) is 17.8. The molecule has 1 unspecified atom stereocenters. The van der Waals surface area contributed by atoms with Crippen LogP contribution in [-0.4, -0.2) is 35.1 Å². The van der Waals surface area contributed by atoms with E-state index < -0.39 is 6.04 Å². The lowest BCUT2D eigenvalue weighted by Crippen LogP contribution is -2.49. The van der Waals surface area contributed by atoms with Gasteiger partial charge < -0.3 is 10.2 Å². The zero-order valence-electron chi connectivity index (χ0n) is 18.4. The Balaban J connectivity index is 2.09. The van der Waals surface area contributed by atoms with Crippen molar-refractivity contribution < 1.29 is 9.59 Å². The van der Waals surface area contributed by atoms with Gasteiger partial charge >= 0.3 is 0 Å². The second-order valence-electron chi connectivity index (χ2n) is 7.49. The van der Waals surface area contributed by atoms with Crippen molar-refractivity contribution in [3.8, 4) is 0 Å². The lowest BCUT2D eigenvalue weighted by atomic mass is 10.1. The molecule has 2 amide bonds. The number of nitrogens with zero attached hydrogens (tertiary/aromatic N) is 1. The Hall–Kier alpha value is -2.27. The SMILES string of the molecule is CCCCNC(=O)C(CC)N(Cc1cccc(C)c1)C(=O)CCSc1ccccc1. The molecular weight excluding hydrogens is 392 g/mol. The first-order valence-electron chi connectivity index (χ1n) is 10.9. The largest absolute Gasteiger partial charge is 0.354 e. The summed E-state index contributed by atoms with van der Waals surface area (Å²) in [5.41, 5.74) is 2.21. The van der Waals surface area contributed by atoms with Gasteiger partial charge in [0.25, 0.3) is 0 Å². The zero-order chi connectivity index (χ0) is 21.8. The van der Waals surface area contributed by atoms with E-state index in [1.807, 2.05) is 50.2 Å². The van der Waals surface area contributed by atoms with Gasteiger partial charge in [-0.1, -0.05) is 68.3 Å². The molecule has 0 spiro atoms. The van der Waals surface area contributed by atoms with E-state index in [9.17, 15) is 9.59 Å². The van der Waals surface area contributed by atoms with Crippen LogP contribution in [0, 0.1) is 6.92 Å². The molecule has 0 aromatic heterocycles. The van der Waals surface area contributed by atoms with E-state index in [-0.39, 0.29) is 11.8 Å². The first kappa shape index (κ1) is 24.0. The van der Waals surface area contributed by atoms with Crippen molar-refractivity contribution in [2.45, 2.75) is 63.9 Å². The molecule has 2 aromatic rings. The Morgan fingerprint density at radius 1 is 1.07 bits per heavy atom. The van der Waals surface area contributed by atoms with Crippen molar-refractivity contribution >= 4 is 23.6 Å². The highest BCUT2D eigenvalue weighted by molar-refractivity contribution is 7.99. The number of thioether (sulfide) groups is 1. The van der Waals surface area contributed by atoms with Gasteiger partial charge in [-0.2, -0.15) is 0 Å². The third-order valence-corrected chi connectivity index (χ3v) is 5.99. The second kappa shape index (κ2) is 13.1. The van der Waals surface area contributed by atoms with Gasteiger partial charge in [-0.05, 0) is 37.5 Å². The van der Waals surface area contributed by atoms with Gasteiger partial charge in [-0.25, -0.2) is 0 Å². The van der Waals surface area contributed by atoms with E-state index >= 15 is 0 Å². The summed E-state index contributed by atoms with van der Waals surface area (Å²) >= 11 is 1.67. The van der Waals surface area contributed by atoms with Gasteiger partial charge in [-0.3, -0.25) is 9.59 Å². The summed E-state index contributed by atoms with van der Waals surface area (Å²) in [5, 5.41) is 3.01. The molecule has 2 aromatic carbocycles. The minimum atomic E-state index is -0.448. The van der Waals surface area contributed by atoms with Crippen LogP contribution in [0.2, 0.25) is 0 Å². The van der Waals surface area contributed by atoms with Crippen LogP contribution in [0.4, 0.5) is 0 Å². The Morgan fingerprint density at radius 2 is 1.83 bits per heavy atom. The van der Waals surface area contributed by atoms with Crippen LogP contribution in [0.5, 0.6) is 0 Å². The van der Waals surface area contributed by atoms with Crippen molar-refractivity contribution in [3.63, 3.8) is 0 Å². The van der Waals surface area contributed by atoms with Gasteiger partial charge in [0.1, 0.15) is 6.04 Å². The predicted octanol–water partition coefficient (Wildman–Crippen LogP) is 5.20. The number of hydrogen-bond donors (Lipinski definition) is 1. The third kappa shape index (κ3) is 7.86. The lowest BCUT2D eigenvalue weighted by Gasteiger charge is -2.31. The standard InChI is InChI=1S/C25H34N2O2S/c1-4-6-16-26-25(29)23(5-2)27(19-21-12-10-11-20(3)18-21)24(28)15-17-30-22-13-8-7-9-14-22/h7-14,18,23H,4-6,15-17,19H2,1-3H3,(H,26,29). The second-order valence-corrected chi connectivity index (χ2v) is 8.66. The van der Waals surface area contributed by atoms with E-state index in [4.69, 9.17) is 0 Å². The minimum Gasteiger partial charge on any atom is -0.354 e. The average molecular weight is 427 g/mol. The summed E-state index contributed by atoms with van der Waals surface area (Å²) in [5.74, 6) is 0.668. The summed E-state index contributed by atoms with van der Waals surface area (Å²) in [7, 11) is 0. The normalized spacial score (nSPS) is 11.7. The number of carbonyl (C=O) groups excluding carboxylic acids is 2. The molecular formula is C25H34N2O2S. The molecule has 1 atom stereocenters. The highest BCUT2D eigenvalue weighted by Gasteiger charge is 2.28. The number of rotatable bonds is 12. The summed E-state index contributed by atoms with van der Waals surface area (Å²) in [6.45, 7) is 7.22. The maximum Gasteiger partial charge on any atom is 0.242 e. The van der Waals surface area contributed by atoms with E-state index in [0.29, 0.717) is 31.7 Å². The zero-order valence-corrected chi connectivity index (χ0v) is 19.2. The summed E-state index contributed by atoms with van der Waals surface area (Å²) in [4.78, 5) is 28.9. The fourth-order valence-electron chi connectivity index (χ4n) is 3.35. The highest BCUT2D eigenvalue weighted by Crippen LogP contribution is 2.20. The maximum absolute atomic E-state index is 13.2. The molecule has 0 saturated carbocycles. The number of amides is 2. The van der Waals surface area contributed by atoms with Crippen molar-refractivity contribution in [1.82, 2.24) is 10.2 Å². The molecule has 5 heteroatoms. The quantitative estimate of drug-likeness (QED) is 0.375. The molecule has 0 aliphatic rings. The number of unbranched alkanes of at least 4 members (excludes halogenated alkanes) is 1. The highest BCUT2D eigenvalue weighted by atomic mass is 32.2. The summed E-state index contributed by atoms with van der Waals surface area (Å²) in [6.07, 6.45) is 2.98. The van der Waals surface area contributed by atoms with E-state index in [2.05, 4.69) is 30.4 Å². The van der Waals surface area contributed by atoms with Gasteiger partial charge in [0.05, 0.1) is 0 Å². The van der Waals surface area contributed by atoms with Crippen molar-refractivity contribution in [2.75, 3.05) is 12.3 Å². The number of benzene rings is 2. The van der Waals surface area contributed by atoms with Gasteiger partial charge in [-0.15, -0.1) is 11.8 Å². The molecule has 1 N–H and O–H groups in total. The van der Waals surface area contributed by atoms with Gasteiger partial charge in [0.15, 0.2) is 0 Å². The van der Waals surface area contributed by atoms with Crippen LogP contribution in [0.1, 0.15) is 50.7 Å². The Morgan fingerprint density at radius 3 is 2.50 bits per heavy atom. The smallest absolute Gasteiger partial charge is 0.242 e. The maximum atomic E-state index is 13.2. The topological polar surface area (TPSA) is 49.4 Å². The Kier molecular flexibility index (Phi) is 10.5. The molecule has 0 radical (unpaired) electrons. The third-order valence-electron chi connectivity index (χ3n) is 4.98. The molecule has 0 fully saturated rings. The van der Waals surface area contributed by atoms with Crippen LogP contribution < -0.4 is 5.32 Å². The lowest BCUT2D eigenvalue weighted by molar-refractivity contribution is -0.141. The van der Waals surface area contributed by atoms with Crippen molar-refractivity contribution in [3.05, 3.63) is 65.7 Å². The number of aryl methyl sites for hydroxylation is 1. The number of carbonyl (C=O) groups is 2. The molecule has 0 bridgehead atoms. The first-order chi connectivity index (χ1) is 14.5. The first-order valence-corrected chi connectivity index (χ1v) is 11.8. The molecule has 162 valence electrons. The monoisotopic (exact) mass is 426 g/mol. The minimum absolute atomic E-state index is 0.0254. The molecule has 2 rings (SSSR count). The fraction of sp³-hybridized carbons (Fsp3) is 0.440. The molecule has 0 heterocycles. The van der Waals surface area contributed by atoms with Crippen molar-refractivity contribution in [1.29, 1.82) is 0 Å². The fourth-order valence-corrected chi connectivity index (χ4v) is 4.21. The van der Waals surface area contributed by atoms with Crippen LogP contribution in [0.25, 0.3) is 0 Å². The van der Waals surface area contributed by atoms with E-state index in [1.54, 1.807) is 16.7 Å². The molecule has 30 heavy (non-hydrogen) atoms. The van der Waals surface area contributed by atoms with E-state index in [1.165, 1.54) is 0 Å². The van der Waals surface area contributed by atoms with Crippen LogP contribution >= 0.6 is 11.8 Å². The molecule has 0 aliphatic carbocycles. The Bertz CT molecular complexity index is 795. The average Bonchev–Trinajstić information content (AvgIpc) is 2.74. The van der Waals surface area contributed by atoms with Crippen LogP contribution in [0.3, 0.4) is 0 Å². The summed E-state index contributed by atoms with van der Waals surface area (Å²) < 4.78 is 0. The van der Waals surface area contributed by atoms with Gasteiger partial charge in [0.2, 0.25) is 11.8 Å².